The average molecular weight is 368 g/mol. The van der Waals surface area contributed by atoms with Gasteiger partial charge < -0.3 is 9.47 Å². The summed E-state index contributed by atoms with van der Waals surface area (Å²) >= 11 is 0. The molecule has 2 aromatic rings. The van der Waals surface area contributed by atoms with E-state index in [4.69, 9.17) is 4.74 Å². The van der Waals surface area contributed by atoms with Crippen molar-refractivity contribution in [3.05, 3.63) is 71.8 Å². The van der Waals surface area contributed by atoms with Crippen LogP contribution in [0.2, 0.25) is 0 Å². The Morgan fingerprint density at radius 3 is 1.74 bits per heavy atom. The van der Waals surface area contributed by atoms with Crippen molar-refractivity contribution in [1.29, 1.82) is 0 Å². The summed E-state index contributed by atoms with van der Waals surface area (Å²) in [4.78, 5) is 22.4. The third kappa shape index (κ3) is 8.54. The zero-order valence-corrected chi connectivity index (χ0v) is 15.9. The third-order valence-electron chi connectivity index (χ3n) is 4.46. The molecule has 0 radical (unpaired) electrons. The minimum absolute atomic E-state index is 0.0851. The molecule has 1 aliphatic rings. The van der Waals surface area contributed by atoms with Crippen LogP contribution in [0.1, 0.15) is 43.2 Å². The van der Waals surface area contributed by atoms with Crippen molar-refractivity contribution < 1.29 is 19.1 Å². The van der Waals surface area contributed by atoms with Crippen LogP contribution in [0, 0.1) is 0 Å². The molecule has 3 rings (SSSR count). The van der Waals surface area contributed by atoms with Crippen LogP contribution in [0.25, 0.3) is 0 Å². The molecule has 0 amide bonds. The Kier molecular flexibility index (Phi) is 9.11. The molecule has 4 heteroatoms. The van der Waals surface area contributed by atoms with Crippen LogP contribution in [0.15, 0.2) is 60.7 Å². The van der Waals surface area contributed by atoms with Crippen LogP contribution >= 0.6 is 0 Å². The molecule has 2 aromatic carbocycles. The first-order chi connectivity index (χ1) is 13.2. The minimum atomic E-state index is -0.198. The Bertz CT molecular complexity index is 676. The normalized spacial score (nSPS) is 13.8. The Labute approximate surface area is 161 Å². The summed E-state index contributed by atoms with van der Waals surface area (Å²) in [6, 6.07) is 19.3. The van der Waals surface area contributed by atoms with Crippen molar-refractivity contribution in [3.8, 4) is 0 Å². The van der Waals surface area contributed by atoms with Gasteiger partial charge in [0.15, 0.2) is 0 Å². The molecular formula is C23H28O4. The molecule has 0 aliphatic heterocycles. The van der Waals surface area contributed by atoms with Crippen LogP contribution in [0.3, 0.4) is 0 Å². The lowest BCUT2D eigenvalue weighted by Gasteiger charge is -2.21. The number of carbonyl (C=O) groups is 2. The summed E-state index contributed by atoms with van der Waals surface area (Å²) in [7, 11) is 1.39. The highest BCUT2D eigenvalue weighted by atomic mass is 16.5. The van der Waals surface area contributed by atoms with Crippen molar-refractivity contribution in [1.82, 2.24) is 0 Å². The number of rotatable bonds is 5. The largest absolute Gasteiger partial charge is 0.469 e. The number of esters is 2. The van der Waals surface area contributed by atoms with Crippen molar-refractivity contribution in [3.63, 3.8) is 0 Å². The van der Waals surface area contributed by atoms with E-state index in [0.29, 0.717) is 12.8 Å². The Morgan fingerprint density at radius 1 is 0.778 bits per heavy atom. The molecule has 144 valence electrons. The zero-order chi connectivity index (χ0) is 19.3. The van der Waals surface area contributed by atoms with Crippen LogP contribution in [-0.2, 0) is 31.9 Å². The van der Waals surface area contributed by atoms with Gasteiger partial charge in [0.05, 0.1) is 20.0 Å². The van der Waals surface area contributed by atoms with E-state index >= 15 is 0 Å². The maximum absolute atomic E-state index is 11.7. The van der Waals surface area contributed by atoms with E-state index < -0.39 is 0 Å². The SMILES string of the molecule is COC(=O)Cc1ccccc1.O=C(Cc1ccccc1)OC1CCCCC1. The maximum Gasteiger partial charge on any atom is 0.310 e. The van der Waals surface area contributed by atoms with Crippen LogP contribution in [0.4, 0.5) is 0 Å². The van der Waals surface area contributed by atoms with Crippen LogP contribution in [-0.4, -0.2) is 25.2 Å². The van der Waals surface area contributed by atoms with Crippen molar-refractivity contribution >= 4 is 11.9 Å². The lowest BCUT2D eigenvalue weighted by Crippen LogP contribution is -2.21. The number of hydrogen-bond acceptors (Lipinski definition) is 4. The molecule has 0 atom stereocenters. The molecule has 0 N–H and O–H groups in total. The van der Waals surface area contributed by atoms with Gasteiger partial charge in [0.2, 0.25) is 0 Å². The van der Waals surface area contributed by atoms with Gasteiger partial charge in [-0.05, 0) is 36.8 Å². The minimum Gasteiger partial charge on any atom is -0.469 e. The fraction of sp³-hybridized carbons (Fsp3) is 0.391. The molecule has 1 saturated carbocycles. The first-order valence-electron chi connectivity index (χ1n) is 9.51. The third-order valence-corrected chi connectivity index (χ3v) is 4.46. The Hall–Kier alpha value is -2.62. The van der Waals surface area contributed by atoms with Gasteiger partial charge >= 0.3 is 11.9 Å². The smallest absolute Gasteiger partial charge is 0.310 e. The lowest BCUT2D eigenvalue weighted by molar-refractivity contribution is -0.149. The number of carbonyl (C=O) groups excluding carboxylic acids is 2. The monoisotopic (exact) mass is 368 g/mol. The van der Waals surface area contributed by atoms with Crippen LogP contribution in [0.5, 0.6) is 0 Å². The Morgan fingerprint density at radius 2 is 1.26 bits per heavy atom. The molecule has 0 saturated heterocycles. The Balaban J connectivity index is 0.000000208. The molecule has 1 aliphatic carbocycles. The summed E-state index contributed by atoms with van der Waals surface area (Å²) in [5, 5.41) is 0. The molecule has 0 aromatic heterocycles. The van der Waals surface area contributed by atoms with Gasteiger partial charge in [-0.2, -0.15) is 0 Å². The predicted molar refractivity (Wildman–Crippen MR) is 105 cm³/mol. The molecule has 0 spiro atoms. The fourth-order valence-electron chi connectivity index (χ4n) is 3.01. The predicted octanol–water partition coefficient (Wildman–Crippen LogP) is 4.51. The summed E-state index contributed by atoms with van der Waals surface area (Å²) < 4.78 is 9.97. The van der Waals surface area contributed by atoms with E-state index in [9.17, 15) is 9.59 Å². The molecule has 0 heterocycles. The number of methoxy groups -OCH3 is 1. The van der Waals surface area contributed by atoms with E-state index in [2.05, 4.69) is 4.74 Å². The number of benzene rings is 2. The molecule has 27 heavy (non-hydrogen) atoms. The van der Waals surface area contributed by atoms with E-state index in [-0.39, 0.29) is 18.0 Å². The quantitative estimate of drug-likeness (QED) is 0.729. The van der Waals surface area contributed by atoms with Gasteiger partial charge in [0.25, 0.3) is 0 Å². The lowest BCUT2D eigenvalue weighted by atomic mass is 9.98. The van der Waals surface area contributed by atoms with E-state index in [1.807, 2.05) is 60.7 Å². The molecule has 4 nitrogen and oxygen atoms in total. The van der Waals surface area contributed by atoms with Gasteiger partial charge in [-0.3, -0.25) is 9.59 Å². The van der Waals surface area contributed by atoms with Crippen LogP contribution < -0.4 is 0 Å². The molecule has 1 fully saturated rings. The maximum atomic E-state index is 11.7. The highest BCUT2D eigenvalue weighted by Gasteiger charge is 2.17. The van der Waals surface area contributed by atoms with Crippen molar-refractivity contribution in [2.24, 2.45) is 0 Å². The van der Waals surface area contributed by atoms with E-state index in [1.54, 1.807) is 0 Å². The molecular weight excluding hydrogens is 340 g/mol. The second kappa shape index (κ2) is 11.9. The van der Waals surface area contributed by atoms with Gasteiger partial charge in [0, 0.05) is 0 Å². The number of ether oxygens (including phenoxy) is 2. The second-order valence-corrected chi connectivity index (χ2v) is 6.65. The summed E-state index contributed by atoms with van der Waals surface area (Å²) in [5.74, 6) is -0.283. The highest BCUT2D eigenvalue weighted by molar-refractivity contribution is 5.73. The summed E-state index contributed by atoms with van der Waals surface area (Å²) in [6.07, 6.45) is 6.69. The summed E-state index contributed by atoms with van der Waals surface area (Å²) in [5.41, 5.74) is 2.02. The van der Waals surface area contributed by atoms with Gasteiger partial charge in [-0.1, -0.05) is 67.1 Å². The molecule has 0 unspecified atom stereocenters. The van der Waals surface area contributed by atoms with E-state index in [0.717, 1.165) is 24.0 Å². The standard InChI is InChI=1S/C14H18O2.C9H10O2/c15-14(11-12-7-3-1-4-8-12)16-13-9-5-2-6-10-13;1-11-9(10)7-8-5-3-2-4-6-8/h1,3-4,7-8,13H,2,5-6,9-11H2;2-6H,7H2,1H3. The fourth-order valence-corrected chi connectivity index (χ4v) is 3.01. The number of hydrogen-bond donors (Lipinski definition) is 0. The van der Waals surface area contributed by atoms with Crippen molar-refractivity contribution in [2.75, 3.05) is 7.11 Å². The van der Waals surface area contributed by atoms with Gasteiger partial charge in [-0.25, -0.2) is 0 Å². The van der Waals surface area contributed by atoms with Gasteiger partial charge in [-0.15, -0.1) is 0 Å². The second-order valence-electron chi connectivity index (χ2n) is 6.65. The topological polar surface area (TPSA) is 52.6 Å². The average Bonchev–Trinajstić information content (AvgIpc) is 2.70. The van der Waals surface area contributed by atoms with E-state index in [1.165, 1.54) is 26.4 Å². The zero-order valence-electron chi connectivity index (χ0n) is 15.9. The molecule has 0 bridgehead atoms. The van der Waals surface area contributed by atoms with Crippen molar-refractivity contribution in [2.45, 2.75) is 51.0 Å². The first-order valence-corrected chi connectivity index (χ1v) is 9.51. The highest BCUT2D eigenvalue weighted by Crippen LogP contribution is 2.20. The summed E-state index contributed by atoms with van der Waals surface area (Å²) in [6.45, 7) is 0. The first kappa shape index (κ1) is 20.7. The van der Waals surface area contributed by atoms with Gasteiger partial charge in [0.1, 0.15) is 6.10 Å².